The normalized spacial score (nSPS) is 17.7. The van der Waals surface area contributed by atoms with Gasteiger partial charge in [0.05, 0.1) is 16.3 Å². The van der Waals surface area contributed by atoms with Crippen LogP contribution in [0.3, 0.4) is 0 Å². The summed E-state index contributed by atoms with van der Waals surface area (Å²) < 4.78 is 0. The van der Waals surface area contributed by atoms with Gasteiger partial charge < -0.3 is 5.32 Å². The van der Waals surface area contributed by atoms with Crippen LogP contribution in [-0.4, -0.2) is 15.9 Å². The minimum Gasteiger partial charge on any atom is -0.302 e. The summed E-state index contributed by atoms with van der Waals surface area (Å²) in [6.45, 7) is 1.94. The number of nitrogens with one attached hydrogen (secondary N) is 1. The van der Waals surface area contributed by atoms with Crippen LogP contribution in [0.2, 0.25) is 0 Å². The molecule has 1 atom stereocenters. The predicted octanol–water partition coefficient (Wildman–Crippen LogP) is 3.81. The summed E-state index contributed by atoms with van der Waals surface area (Å²) >= 11 is 1.48. The SMILES string of the molecule is Cc1nc(NC(=O)C2CC=CCC2)sc1-c1ccccn1. The third-order valence-corrected chi connectivity index (χ3v) is 4.66. The molecule has 1 N–H and O–H groups in total. The van der Waals surface area contributed by atoms with Gasteiger partial charge in [0, 0.05) is 12.1 Å². The number of pyridine rings is 1. The van der Waals surface area contributed by atoms with Crippen LogP contribution in [0.15, 0.2) is 36.5 Å². The Morgan fingerprint density at radius 1 is 1.38 bits per heavy atom. The van der Waals surface area contributed by atoms with Gasteiger partial charge >= 0.3 is 0 Å². The van der Waals surface area contributed by atoms with Crippen LogP contribution in [0.1, 0.15) is 25.0 Å². The van der Waals surface area contributed by atoms with Crippen molar-refractivity contribution in [1.29, 1.82) is 0 Å². The van der Waals surface area contributed by atoms with E-state index in [-0.39, 0.29) is 11.8 Å². The molecule has 5 heteroatoms. The summed E-state index contributed by atoms with van der Waals surface area (Å²) in [6, 6.07) is 5.80. The van der Waals surface area contributed by atoms with Crippen LogP contribution in [0.4, 0.5) is 5.13 Å². The van der Waals surface area contributed by atoms with E-state index in [1.165, 1.54) is 11.3 Å². The number of carbonyl (C=O) groups excluding carboxylic acids is 1. The predicted molar refractivity (Wildman–Crippen MR) is 85.2 cm³/mol. The Labute approximate surface area is 128 Å². The molecule has 21 heavy (non-hydrogen) atoms. The zero-order valence-corrected chi connectivity index (χ0v) is 12.7. The first-order valence-corrected chi connectivity index (χ1v) is 7.90. The second kappa shape index (κ2) is 6.18. The standard InChI is InChI=1S/C16H17N3OS/c1-11-14(13-9-5-6-10-17-13)21-16(18-11)19-15(20)12-7-3-2-4-8-12/h2-3,5-6,9-10,12H,4,7-8H2,1H3,(H,18,19,20). The lowest BCUT2D eigenvalue weighted by atomic mass is 9.94. The molecule has 1 unspecified atom stereocenters. The topological polar surface area (TPSA) is 54.9 Å². The number of carbonyl (C=O) groups is 1. The highest BCUT2D eigenvalue weighted by Gasteiger charge is 2.20. The maximum atomic E-state index is 12.2. The van der Waals surface area contributed by atoms with Crippen LogP contribution < -0.4 is 5.32 Å². The first-order chi connectivity index (χ1) is 10.2. The van der Waals surface area contributed by atoms with Gasteiger partial charge in [0.1, 0.15) is 0 Å². The number of hydrogen-bond donors (Lipinski definition) is 1. The fourth-order valence-electron chi connectivity index (χ4n) is 2.42. The molecule has 0 saturated heterocycles. The smallest absolute Gasteiger partial charge is 0.229 e. The van der Waals surface area contributed by atoms with E-state index in [9.17, 15) is 4.79 Å². The Kier molecular flexibility index (Phi) is 4.10. The maximum absolute atomic E-state index is 12.2. The Bertz CT molecular complexity index is 663. The summed E-state index contributed by atoms with van der Waals surface area (Å²) in [7, 11) is 0. The molecule has 2 aromatic heterocycles. The average Bonchev–Trinajstić information content (AvgIpc) is 2.89. The van der Waals surface area contributed by atoms with Gasteiger partial charge in [-0.2, -0.15) is 0 Å². The van der Waals surface area contributed by atoms with Crippen LogP contribution in [0.5, 0.6) is 0 Å². The number of anilines is 1. The van der Waals surface area contributed by atoms with E-state index in [4.69, 9.17) is 0 Å². The number of amides is 1. The fourth-order valence-corrected chi connectivity index (χ4v) is 3.37. The molecule has 1 aliphatic rings. The van der Waals surface area contributed by atoms with E-state index in [1.807, 2.05) is 25.1 Å². The van der Waals surface area contributed by atoms with Gasteiger partial charge in [-0.05, 0) is 38.3 Å². The van der Waals surface area contributed by atoms with E-state index in [1.54, 1.807) is 6.20 Å². The van der Waals surface area contributed by atoms with Crippen molar-refractivity contribution in [2.45, 2.75) is 26.2 Å². The highest BCUT2D eigenvalue weighted by molar-refractivity contribution is 7.19. The minimum atomic E-state index is 0.0671. The number of aromatic nitrogens is 2. The number of nitrogens with zero attached hydrogens (tertiary/aromatic N) is 2. The van der Waals surface area contributed by atoms with Gasteiger partial charge in [0.15, 0.2) is 5.13 Å². The van der Waals surface area contributed by atoms with Crippen molar-refractivity contribution in [2.24, 2.45) is 5.92 Å². The van der Waals surface area contributed by atoms with E-state index in [0.29, 0.717) is 5.13 Å². The van der Waals surface area contributed by atoms with E-state index >= 15 is 0 Å². The molecule has 0 spiro atoms. The maximum Gasteiger partial charge on any atom is 0.229 e. The van der Waals surface area contributed by atoms with Crippen molar-refractivity contribution in [2.75, 3.05) is 5.32 Å². The molecular weight excluding hydrogens is 282 g/mol. The zero-order valence-electron chi connectivity index (χ0n) is 11.9. The van der Waals surface area contributed by atoms with Gasteiger partial charge in [-0.15, -0.1) is 0 Å². The second-order valence-corrected chi connectivity index (χ2v) is 6.12. The average molecular weight is 299 g/mol. The molecule has 0 aromatic carbocycles. The van der Waals surface area contributed by atoms with Crippen molar-refractivity contribution in [3.8, 4) is 10.6 Å². The van der Waals surface area contributed by atoms with Crippen molar-refractivity contribution >= 4 is 22.4 Å². The lowest BCUT2D eigenvalue weighted by Crippen LogP contribution is -2.23. The molecule has 4 nitrogen and oxygen atoms in total. The Balaban J connectivity index is 1.75. The molecule has 0 fully saturated rings. The minimum absolute atomic E-state index is 0.0671. The molecule has 0 bridgehead atoms. The highest BCUT2D eigenvalue weighted by Crippen LogP contribution is 2.32. The van der Waals surface area contributed by atoms with Gasteiger partial charge in [0.2, 0.25) is 5.91 Å². The Hall–Kier alpha value is -2.01. The number of hydrogen-bond acceptors (Lipinski definition) is 4. The van der Waals surface area contributed by atoms with Crippen LogP contribution in [0.25, 0.3) is 10.6 Å². The largest absolute Gasteiger partial charge is 0.302 e. The first kappa shape index (κ1) is 13.9. The van der Waals surface area contributed by atoms with Gasteiger partial charge in [-0.3, -0.25) is 9.78 Å². The van der Waals surface area contributed by atoms with Gasteiger partial charge in [-0.1, -0.05) is 29.6 Å². The third kappa shape index (κ3) is 3.19. The molecule has 108 valence electrons. The molecule has 1 aliphatic carbocycles. The third-order valence-electron chi connectivity index (χ3n) is 3.56. The van der Waals surface area contributed by atoms with Crippen LogP contribution in [-0.2, 0) is 4.79 Å². The van der Waals surface area contributed by atoms with Gasteiger partial charge in [0.25, 0.3) is 0 Å². The Morgan fingerprint density at radius 2 is 2.29 bits per heavy atom. The Morgan fingerprint density at radius 3 is 3.00 bits per heavy atom. The fraction of sp³-hybridized carbons (Fsp3) is 0.312. The van der Waals surface area contributed by atoms with Crippen LogP contribution >= 0.6 is 11.3 Å². The van der Waals surface area contributed by atoms with Crippen molar-refractivity contribution in [3.05, 3.63) is 42.2 Å². The monoisotopic (exact) mass is 299 g/mol. The van der Waals surface area contributed by atoms with Gasteiger partial charge in [-0.25, -0.2) is 4.98 Å². The molecule has 1 amide bonds. The quantitative estimate of drug-likeness (QED) is 0.877. The number of allylic oxidation sites excluding steroid dienone is 2. The van der Waals surface area contributed by atoms with Crippen molar-refractivity contribution in [1.82, 2.24) is 9.97 Å². The van der Waals surface area contributed by atoms with Crippen molar-refractivity contribution in [3.63, 3.8) is 0 Å². The van der Waals surface area contributed by atoms with Crippen LogP contribution in [0, 0.1) is 12.8 Å². The number of rotatable bonds is 3. The molecule has 2 heterocycles. The lowest BCUT2D eigenvalue weighted by Gasteiger charge is -2.15. The van der Waals surface area contributed by atoms with E-state index in [2.05, 4.69) is 27.4 Å². The van der Waals surface area contributed by atoms with E-state index < -0.39 is 0 Å². The highest BCUT2D eigenvalue weighted by atomic mass is 32.1. The summed E-state index contributed by atoms with van der Waals surface area (Å²) in [5.41, 5.74) is 1.80. The summed E-state index contributed by atoms with van der Waals surface area (Å²) in [5.74, 6) is 0.137. The van der Waals surface area contributed by atoms with Crippen molar-refractivity contribution < 1.29 is 4.79 Å². The molecule has 0 aliphatic heterocycles. The lowest BCUT2D eigenvalue weighted by molar-refractivity contribution is -0.120. The summed E-state index contributed by atoms with van der Waals surface area (Å²) in [5, 5.41) is 3.61. The van der Waals surface area contributed by atoms with E-state index in [0.717, 1.165) is 35.5 Å². The molecule has 3 rings (SSSR count). The molecule has 0 radical (unpaired) electrons. The second-order valence-electron chi connectivity index (χ2n) is 5.12. The summed E-state index contributed by atoms with van der Waals surface area (Å²) in [6.07, 6.45) is 8.70. The number of thiazole rings is 1. The molecule has 0 saturated carbocycles. The zero-order chi connectivity index (χ0) is 14.7. The number of aryl methyl sites for hydroxylation is 1. The molecule has 2 aromatic rings. The first-order valence-electron chi connectivity index (χ1n) is 7.09. The summed E-state index contributed by atoms with van der Waals surface area (Å²) in [4.78, 5) is 22.0. The molecular formula is C16H17N3OS.